The van der Waals surface area contributed by atoms with E-state index in [1.165, 1.54) is 0 Å². The fourth-order valence-corrected chi connectivity index (χ4v) is 0. The zero-order chi connectivity index (χ0) is 12.0. The Morgan fingerprint density at radius 2 is 0.533 bits per heavy atom. The molecule has 0 fully saturated rings. The minimum Gasteiger partial charge on any atom is -0.870 e. The zero-order valence-corrected chi connectivity index (χ0v) is 6.61. The largest absolute Gasteiger partial charge is 0.870 e. The summed E-state index contributed by atoms with van der Waals surface area (Å²) in [6.45, 7) is 0. The Morgan fingerprint density at radius 3 is 0.533 bits per heavy atom. The van der Waals surface area contributed by atoms with Crippen molar-refractivity contribution in [3.8, 4) is 0 Å². The van der Waals surface area contributed by atoms with Gasteiger partial charge in [0, 0.05) is 9.93 Å². The summed E-state index contributed by atoms with van der Waals surface area (Å²) in [5.74, 6) is 0. The second kappa shape index (κ2) is 2260. The van der Waals surface area contributed by atoms with Crippen LogP contribution in [0.3, 0.4) is 0 Å². The number of rotatable bonds is 0. The van der Waals surface area contributed by atoms with Gasteiger partial charge < -0.3 is 37.5 Å². The van der Waals surface area contributed by atoms with Crippen molar-refractivity contribution in [3.05, 3.63) is 9.93 Å². The second-order valence-electron chi connectivity index (χ2n) is 0. The lowest BCUT2D eigenvalue weighted by Gasteiger charge is -1.61. The van der Waals surface area contributed by atoms with E-state index in [0.29, 0.717) is 0 Å². The number of hydrogen-bond acceptors (Lipinski definition) is 14. The molecule has 0 unspecified atom stereocenters. The summed E-state index contributed by atoms with van der Waals surface area (Å²) in [5, 5.41) is 62.0. The molecule has 0 saturated carbocycles. The molecule has 15 nitrogen and oxygen atoms in total. The highest BCUT2D eigenvalue weighted by molar-refractivity contribution is 4.07. The van der Waals surface area contributed by atoms with E-state index in [2.05, 4.69) is 0 Å². The molecular weight excluding hydrogens is 240 g/mol. The van der Waals surface area contributed by atoms with E-state index in [9.17, 15) is 0 Å². The Labute approximate surface area is 80.4 Å². The van der Waals surface area contributed by atoms with Crippen LogP contribution in [0.1, 0.15) is 0 Å². The lowest BCUT2D eigenvalue weighted by Crippen LogP contribution is -1.84. The molecule has 0 aliphatic carbocycles. The maximum atomic E-state index is 7.25. The molecule has 0 atom stereocenters. The zero-order valence-electron chi connectivity index (χ0n) is 6.61. The summed E-state index contributed by atoms with van der Waals surface area (Å²) in [6.07, 6.45) is 0. The maximum Gasteiger partial charge on any atom is 0 e. The summed E-state index contributed by atoms with van der Waals surface area (Å²) in [5.41, 5.74) is 0. The fourth-order valence-electron chi connectivity index (χ4n) is 0. The van der Waals surface area contributed by atoms with Gasteiger partial charge in [-0.3, -0.25) is 31.5 Å². The summed E-state index contributed by atoms with van der Waals surface area (Å²) in [4.78, 5) is 14.0. The molecule has 0 aromatic rings. The van der Waals surface area contributed by atoms with Crippen LogP contribution in [0, 0.1) is 9.93 Å². The molecule has 0 aromatic heterocycles. The second-order valence-corrected chi connectivity index (χ2v) is 0. The van der Waals surface area contributed by atoms with E-state index in [-0.39, 0.29) is 16.4 Å². The molecule has 0 amide bonds. The molecule has 0 radical (unpaired) electrons. The van der Waals surface area contributed by atoms with Crippen LogP contribution in [0.4, 0.5) is 0 Å². The summed E-state index contributed by atoms with van der Waals surface area (Å²) >= 11 is 0. The van der Waals surface area contributed by atoms with Gasteiger partial charge in [0.2, 0.25) is 0 Å². The van der Waals surface area contributed by atoms with Gasteiger partial charge in [0.15, 0.2) is 0 Å². The van der Waals surface area contributed by atoms with E-state index in [0.717, 1.165) is 0 Å². The molecule has 0 heterocycles. The monoisotopic (exact) mass is 252 g/mol. The van der Waals surface area contributed by atoms with Gasteiger partial charge >= 0.3 is 0 Å². The third-order valence-corrected chi connectivity index (χ3v) is 0. The molecule has 15 heavy (non-hydrogen) atoms. The molecule has 0 bridgehead atoms. The quantitative estimate of drug-likeness (QED) is 0.153. The van der Waals surface area contributed by atoms with Crippen molar-refractivity contribution in [1.82, 2.24) is 0 Å². The maximum absolute atomic E-state index is 7.25. The van der Waals surface area contributed by atoms with E-state index in [1.54, 1.807) is 0 Å². The Balaban J connectivity index is -0.00000000396. The summed E-state index contributed by atoms with van der Waals surface area (Å²) < 4.78 is 0. The van der Waals surface area contributed by atoms with Crippen LogP contribution in [0.25, 0.3) is 0 Å². The van der Waals surface area contributed by atoms with Crippen molar-refractivity contribution in [2.75, 3.05) is 0 Å². The molecule has 0 aromatic carbocycles. The molecule has 0 aliphatic heterocycles. The van der Waals surface area contributed by atoms with Crippen molar-refractivity contribution in [1.29, 1.82) is 0 Å². The van der Waals surface area contributed by atoms with Crippen LogP contribution >= 0.6 is 0 Å². The van der Waals surface area contributed by atoms with E-state index in [1.807, 2.05) is 0 Å². The van der Waals surface area contributed by atoms with Crippen LogP contribution < -0.4 is 10.5 Å². The molecule has 12 N–H and O–H groups in total. The molecule has 0 saturated heterocycles. The van der Waals surface area contributed by atoms with Gasteiger partial charge in [-0.05, 0) is 0 Å². The van der Waals surface area contributed by atoms with Crippen LogP contribution in [0.2, 0.25) is 0 Å². The Bertz CT molecular complexity index is 0. The van der Waals surface area contributed by atoms with Crippen molar-refractivity contribution in [2.24, 2.45) is 0 Å². The standard InChI is InChI=1S/5H2O2.O2.3H2O/c6*1-2;;;/h5*1-2H;;3*1H2/p-4. The van der Waals surface area contributed by atoms with Gasteiger partial charge in [-0.25, -0.2) is 0 Å². The number of hydrogen-bond donors (Lipinski definition) is 8. The van der Waals surface area contributed by atoms with Gasteiger partial charge in [0.25, 0.3) is 0 Å². The van der Waals surface area contributed by atoms with Gasteiger partial charge in [0.1, 0.15) is 0 Å². The normalized spacial score (nSPS) is 2.27. The highest BCUT2D eigenvalue weighted by Crippen LogP contribution is 0.741. The highest BCUT2D eigenvalue weighted by atomic mass is 17.0. The first kappa shape index (κ1) is 93.3. The fraction of sp³-hybridized carbons (Fsp3) is 0. The molecule has 0 aliphatic rings. The minimum atomic E-state index is 0. The Kier molecular flexibility index (Phi) is 14000. The van der Waals surface area contributed by atoms with Crippen molar-refractivity contribution in [3.63, 3.8) is 0 Å². The van der Waals surface area contributed by atoms with E-state index >= 15 is 0 Å². The van der Waals surface area contributed by atoms with Crippen LogP contribution in [-0.4, -0.2) is 58.5 Å². The molecular formula is H12O15-4. The minimum absolute atomic E-state index is 0. The molecule has 0 spiro atoms. The molecule has 15 heteroatoms. The van der Waals surface area contributed by atoms with Crippen molar-refractivity contribution in [2.45, 2.75) is 0 Å². The first-order chi connectivity index (χ1) is 6.00. The summed E-state index contributed by atoms with van der Waals surface area (Å²) in [6, 6.07) is 0. The van der Waals surface area contributed by atoms with Crippen LogP contribution in [0.15, 0.2) is 0 Å². The Morgan fingerprint density at radius 1 is 0.533 bits per heavy atom. The SMILES string of the molecule is O.O=O.OO.OO.OO.[O-]O.[O-]O.[OH-].[OH-]. The van der Waals surface area contributed by atoms with E-state index < -0.39 is 0 Å². The van der Waals surface area contributed by atoms with Gasteiger partial charge in [-0.1, -0.05) is 0 Å². The van der Waals surface area contributed by atoms with Crippen molar-refractivity contribution >= 4 is 0 Å². The van der Waals surface area contributed by atoms with Gasteiger partial charge in [-0.15, -0.1) is 0 Å². The average molecular weight is 252 g/mol. The topological polar surface area (TPSA) is 334 Å². The molecule has 106 valence electrons. The van der Waals surface area contributed by atoms with E-state index in [4.69, 9.17) is 62.5 Å². The first-order valence-electron chi connectivity index (χ1n) is 1.13. The lowest BCUT2D eigenvalue weighted by atomic mass is 15.0. The predicted molar refractivity (Wildman–Crippen MR) is 35.2 cm³/mol. The highest BCUT2D eigenvalue weighted by Gasteiger charge is 0.750. The van der Waals surface area contributed by atoms with Crippen LogP contribution in [0.5, 0.6) is 0 Å². The van der Waals surface area contributed by atoms with Crippen molar-refractivity contribution < 1.29 is 69.0 Å². The van der Waals surface area contributed by atoms with Gasteiger partial charge in [-0.2, -0.15) is 0 Å². The third kappa shape index (κ3) is 1900. The molecule has 0 rings (SSSR count). The lowest BCUT2D eigenvalue weighted by molar-refractivity contribution is -0.670. The van der Waals surface area contributed by atoms with Gasteiger partial charge in [0.05, 0.1) is 0 Å². The van der Waals surface area contributed by atoms with Crippen LogP contribution in [-0.2, 0) is 0 Å². The smallest absolute Gasteiger partial charge is 0 e. The summed E-state index contributed by atoms with van der Waals surface area (Å²) in [7, 11) is 0. The first-order valence-corrected chi connectivity index (χ1v) is 1.13. The average Bonchev–Trinajstić information content (AvgIpc) is 2.33. The third-order valence-electron chi connectivity index (χ3n) is 0. The Hall–Kier alpha value is -0.920. The predicted octanol–water partition coefficient (Wildman–Crippen LogP) is -3.42.